The predicted molar refractivity (Wildman–Crippen MR) is 136 cm³/mol. The molecule has 3 aromatic heterocycles. The Morgan fingerprint density at radius 3 is 2.58 bits per heavy atom. The van der Waals surface area contributed by atoms with Crippen molar-refractivity contribution in [2.45, 2.75) is 62.2 Å². The molecule has 12 heteroatoms. The van der Waals surface area contributed by atoms with Crippen LogP contribution in [0.1, 0.15) is 54.7 Å². The Morgan fingerprint density at radius 2 is 1.98 bits per heavy atom. The zero-order valence-electron chi connectivity index (χ0n) is 21.7. The van der Waals surface area contributed by atoms with Crippen molar-refractivity contribution < 1.29 is 22.0 Å². The third kappa shape index (κ3) is 3.75. The standard InChI is InChI=1S/C28H27F5N6O/c1-37-15-34-36-25(37)26(6-3-7-26)16-4-2-5-19(8-16)39-14-22(28(31,32)33)21-10-18(35-23(21)24(39)40)13-38-12-17-9-20(38)11-27(17,29)30/h2,4-5,8,10,14-15,17,20,35H,3,6-7,9,11-13H2,1H3. The Hall–Kier alpha value is -3.54. The number of aryl methyl sites for hydroxylation is 1. The van der Waals surface area contributed by atoms with Gasteiger partial charge in [0.25, 0.3) is 11.5 Å². The smallest absolute Gasteiger partial charge is 0.353 e. The highest BCUT2D eigenvalue weighted by atomic mass is 19.4. The van der Waals surface area contributed by atoms with Crippen LogP contribution in [0.4, 0.5) is 22.0 Å². The fourth-order valence-corrected chi connectivity index (χ4v) is 7.01. The number of aromatic amines is 1. The number of hydrogen-bond acceptors (Lipinski definition) is 4. The number of pyridine rings is 1. The second-order valence-electron chi connectivity index (χ2n) is 11.5. The van der Waals surface area contributed by atoms with Gasteiger partial charge in [-0.25, -0.2) is 8.78 Å². The average molecular weight is 559 g/mol. The third-order valence-corrected chi connectivity index (χ3v) is 9.19. The zero-order chi connectivity index (χ0) is 28.0. The van der Waals surface area contributed by atoms with Gasteiger partial charge in [0.15, 0.2) is 0 Å². The van der Waals surface area contributed by atoms with Gasteiger partial charge in [-0.2, -0.15) is 13.2 Å². The molecule has 3 aliphatic rings. The monoisotopic (exact) mass is 558 g/mol. The Labute approximate surface area is 225 Å². The van der Waals surface area contributed by atoms with Crippen molar-refractivity contribution in [1.29, 1.82) is 0 Å². The lowest BCUT2D eigenvalue weighted by Gasteiger charge is -2.41. The number of alkyl halides is 5. The van der Waals surface area contributed by atoms with Gasteiger partial charge in [-0.3, -0.25) is 14.3 Å². The molecule has 1 aromatic carbocycles. The average Bonchev–Trinajstić information content (AvgIpc) is 3.63. The summed E-state index contributed by atoms with van der Waals surface area (Å²) in [5.41, 5.74) is -0.544. The van der Waals surface area contributed by atoms with Gasteiger partial charge in [0, 0.05) is 61.5 Å². The van der Waals surface area contributed by atoms with Crippen LogP contribution in [0.25, 0.3) is 16.6 Å². The Bertz CT molecular complexity index is 1680. The fourth-order valence-electron chi connectivity index (χ4n) is 7.01. The summed E-state index contributed by atoms with van der Waals surface area (Å²) in [7, 11) is 1.86. The minimum absolute atomic E-state index is 0.156. The zero-order valence-corrected chi connectivity index (χ0v) is 21.7. The van der Waals surface area contributed by atoms with Gasteiger partial charge in [-0.05, 0) is 43.0 Å². The Kier molecular flexibility index (Phi) is 5.39. The molecular weight excluding hydrogens is 531 g/mol. The maximum Gasteiger partial charge on any atom is 0.418 e. The van der Waals surface area contributed by atoms with Gasteiger partial charge in [0.1, 0.15) is 17.7 Å². The first-order valence-electron chi connectivity index (χ1n) is 13.4. The summed E-state index contributed by atoms with van der Waals surface area (Å²) < 4.78 is 73.7. The van der Waals surface area contributed by atoms with E-state index in [1.165, 1.54) is 6.07 Å². The highest BCUT2D eigenvalue weighted by Gasteiger charge is 2.55. The minimum atomic E-state index is -4.71. The number of fused-ring (bicyclic) bond motifs is 3. The van der Waals surface area contributed by atoms with E-state index >= 15 is 0 Å². The third-order valence-electron chi connectivity index (χ3n) is 9.19. The first-order chi connectivity index (χ1) is 19.0. The molecule has 0 radical (unpaired) electrons. The number of H-pyrrole nitrogens is 1. The molecule has 1 aliphatic heterocycles. The van der Waals surface area contributed by atoms with Crippen molar-refractivity contribution >= 4 is 10.9 Å². The molecule has 1 N–H and O–H groups in total. The van der Waals surface area contributed by atoms with E-state index in [4.69, 9.17) is 0 Å². The molecule has 2 aliphatic carbocycles. The molecule has 0 amide bonds. The van der Waals surface area contributed by atoms with E-state index in [0.717, 1.165) is 41.4 Å². The van der Waals surface area contributed by atoms with E-state index in [0.29, 0.717) is 17.8 Å². The number of likely N-dealkylation sites (tertiary alicyclic amines) is 1. The molecule has 3 fully saturated rings. The van der Waals surface area contributed by atoms with E-state index in [2.05, 4.69) is 15.2 Å². The summed E-state index contributed by atoms with van der Waals surface area (Å²) in [6, 6.07) is 8.04. The van der Waals surface area contributed by atoms with Crippen LogP contribution < -0.4 is 5.56 Å². The van der Waals surface area contributed by atoms with Crippen molar-refractivity contribution in [2.75, 3.05) is 6.54 Å². The van der Waals surface area contributed by atoms with E-state index in [1.807, 2.05) is 22.6 Å². The van der Waals surface area contributed by atoms with Gasteiger partial charge in [0.05, 0.1) is 11.0 Å². The molecular formula is C28H27F5N6O. The summed E-state index contributed by atoms with van der Waals surface area (Å²) in [5, 5.41) is 8.10. The van der Waals surface area contributed by atoms with Crippen LogP contribution in [-0.4, -0.2) is 47.7 Å². The highest BCUT2D eigenvalue weighted by Crippen LogP contribution is 2.49. The Morgan fingerprint density at radius 1 is 1.18 bits per heavy atom. The molecule has 4 heterocycles. The van der Waals surface area contributed by atoms with Crippen molar-refractivity contribution in [2.24, 2.45) is 13.0 Å². The largest absolute Gasteiger partial charge is 0.418 e. The van der Waals surface area contributed by atoms with Gasteiger partial charge < -0.3 is 9.55 Å². The summed E-state index contributed by atoms with van der Waals surface area (Å²) in [4.78, 5) is 18.4. The van der Waals surface area contributed by atoms with Crippen LogP contribution in [-0.2, 0) is 25.2 Å². The number of halogens is 5. The molecule has 2 bridgehead atoms. The number of benzene rings is 1. The normalized spacial score (nSPS) is 23.6. The molecule has 4 aromatic rings. The molecule has 0 spiro atoms. The molecule has 2 atom stereocenters. The first-order valence-corrected chi connectivity index (χ1v) is 13.4. The number of hydrogen-bond donors (Lipinski definition) is 1. The van der Waals surface area contributed by atoms with E-state index < -0.39 is 34.6 Å². The number of piperidine rings is 1. The van der Waals surface area contributed by atoms with Gasteiger partial charge in [-0.15, -0.1) is 10.2 Å². The second kappa shape index (κ2) is 8.48. The lowest BCUT2D eigenvalue weighted by molar-refractivity contribution is -0.136. The number of aromatic nitrogens is 5. The van der Waals surface area contributed by atoms with Crippen LogP contribution in [0.2, 0.25) is 0 Å². The maximum absolute atomic E-state index is 14.3. The SMILES string of the molecule is Cn1cnnc1C1(c2cccc(-n3cc(C(F)(F)F)c4cc(CN5CC6CC5CC6(F)F)[nH]c4c3=O)c2)CCC1. The second-order valence-corrected chi connectivity index (χ2v) is 11.5. The molecule has 2 unspecified atom stereocenters. The van der Waals surface area contributed by atoms with Crippen LogP contribution in [0.5, 0.6) is 0 Å². The van der Waals surface area contributed by atoms with E-state index in [-0.39, 0.29) is 36.5 Å². The van der Waals surface area contributed by atoms with Crippen molar-refractivity contribution in [1.82, 2.24) is 29.2 Å². The quantitative estimate of drug-likeness (QED) is 0.344. The number of nitrogens with one attached hydrogen (secondary N) is 1. The van der Waals surface area contributed by atoms with E-state index in [1.54, 1.807) is 24.5 Å². The van der Waals surface area contributed by atoms with Crippen molar-refractivity contribution in [3.05, 3.63) is 75.9 Å². The van der Waals surface area contributed by atoms with Crippen molar-refractivity contribution in [3.63, 3.8) is 0 Å². The van der Waals surface area contributed by atoms with E-state index in [9.17, 15) is 26.7 Å². The van der Waals surface area contributed by atoms with Crippen molar-refractivity contribution in [3.8, 4) is 5.69 Å². The number of nitrogens with zero attached hydrogens (tertiary/aromatic N) is 5. The molecule has 7 nitrogen and oxygen atoms in total. The van der Waals surface area contributed by atoms with Gasteiger partial charge in [0.2, 0.25) is 0 Å². The van der Waals surface area contributed by atoms with Crippen LogP contribution in [0, 0.1) is 5.92 Å². The molecule has 210 valence electrons. The molecule has 2 saturated carbocycles. The molecule has 40 heavy (non-hydrogen) atoms. The lowest BCUT2D eigenvalue weighted by Crippen LogP contribution is -2.40. The minimum Gasteiger partial charge on any atom is -0.353 e. The summed E-state index contributed by atoms with van der Waals surface area (Å²) in [6.45, 7) is 0.363. The molecule has 7 rings (SSSR count). The maximum atomic E-state index is 14.3. The summed E-state index contributed by atoms with van der Waals surface area (Å²) in [6.07, 6.45) is 0.495. The predicted octanol–water partition coefficient (Wildman–Crippen LogP) is 5.17. The first kappa shape index (κ1) is 25.4. The Balaban J connectivity index is 1.30. The van der Waals surface area contributed by atoms with Crippen LogP contribution in [0.15, 0.2) is 47.7 Å². The number of rotatable bonds is 5. The lowest BCUT2D eigenvalue weighted by atomic mass is 9.63. The van der Waals surface area contributed by atoms with Gasteiger partial charge >= 0.3 is 6.18 Å². The highest BCUT2D eigenvalue weighted by molar-refractivity contribution is 5.84. The topological polar surface area (TPSA) is 71.7 Å². The fraction of sp³-hybridized carbons (Fsp3) is 0.464. The summed E-state index contributed by atoms with van der Waals surface area (Å²) in [5.74, 6) is -2.66. The van der Waals surface area contributed by atoms with Gasteiger partial charge in [-0.1, -0.05) is 18.6 Å². The van der Waals surface area contributed by atoms with Crippen LogP contribution in [0.3, 0.4) is 0 Å². The van der Waals surface area contributed by atoms with Crippen LogP contribution >= 0.6 is 0 Å². The molecule has 1 saturated heterocycles. The summed E-state index contributed by atoms with van der Waals surface area (Å²) >= 11 is 0.